The van der Waals surface area contributed by atoms with Crippen LogP contribution in [0.4, 0.5) is 13.2 Å². The van der Waals surface area contributed by atoms with Gasteiger partial charge in [-0.05, 0) is 43.2 Å². The zero-order valence-electron chi connectivity index (χ0n) is 16.3. The predicted molar refractivity (Wildman–Crippen MR) is 109 cm³/mol. The number of alkyl halides is 2. The maximum absolute atomic E-state index is 14.5. The molecule has 1 aromatic heterocycles. The summed E-state index contributed by atoms with van der Waals surface area (Å²) >= 11 is 0. The third-order valence-electron chi connectivity index (χ3n) is 5.31. The van der Waals surface area contributed by atoms with Gasteiger partial charge in [-0.3, -0.25) is 4.79 Å². The van der Waals surface area contributed by atoms with E-state index in [0.29, 0.717) is 11.1 Å². The number of H-pyrrole nitrogens is 1. The molecule has 0 unspecified atom stereocenters. The maximum Gasteiger partial charge on any atom is 0.266 e. The van der Waals surface area contributed by atoms with Crippen LogP contribution in [0.25, 0.3) is 16.6 Å². The number of halogens is 3. The van der Waals surface area contributed by atoms with Gasteiger partial charge in [0, 0.05) is 12.1 Å². The molecule has 2 heterocycles. The molecule has 3 N–H and O–H groups in total. The fraction of sp³-hybridized carbons (Fsp3) is 0.273. The summed E-state index contributed by atoms with van der Waals surface area (Å²) in [5.74, 6) is -1.45. The van der Waals surface area contributed by atoms with E-state index in [1.165, 1.54) is 18.5 Å². The molecular formula is C22H21F3N4O. The summed E-state index contributed by atoms with van der Waals surface area (Å²) in [6, 6.07) is 6.72. The second-order valence-corrected chi connectivity index (χ2v) is 7.25. The molecule has 1 atom stereocenters. The molecule has 0 aliphatic carbocycles. The van der Waals surface area contributed by atoms with Gasteiger partial charge in [-0.2, -0.15) is 0 Å². The maximum atomic E-state index is 14.5. The van der Waals surface area contributed by atoms with E-state index in [-0.39, 0.29) is 5.56 Å². The zero-order chi connectivity index (χ0) is 21.3. The first kappa shape index (κ1) is 20.2. The van der Waals surface area contributed by atoms with E-state index in [1.54, 1.807) is 13.0 Å². The standard InChI is InChI=1S/C22H21F3N4O/c1-12(15-3-2-4-16(19(15)23)21(24)25)29-22(30)17-9-14(13-5-7-26-8-6-13)10-18-20(17)28-11-27-18/h2-5,9-12,21,26H,6-8H2,1H3,(H,27,28)(H,29,30)/t12-/m1/s1. The first-order valence-corrected chi connectivity index (χ1v) is 9.70. The van der Waals surface area contributed by atoms with Crippen LogP contribution in [0.1, 0.15) is 52.9 Å². The summed E-state index contributed by atoms with van der Waals surface area (Å²) in [5.41, 5.74) is 2.94. The summed E-state index contributed by atoms with van der Waals surface area (Å²) in [6.07, 6.45) is 1.50. The third kappa shape index (κ3) is 3.82. The second kappa shape index (κ2) is 8.31. The van der Waals surface area contributed by atoms with E-state index in [1.807, 2.05) is 6.07 Å². The fourth-order valence-electron chi connectivity index (χ4n) is 3.72. The SMILES string of the molecule is C[C@@H](NC(=O)c1cc(C2=CCNCC2)cc2[nH]cnc12)c1cccc(C(F)F)c1F. The Morgan fingerprint density at radius 2 is 2.03 bits per heavy atom. The number of carbonyl (C=O) groups excluding carboxylic acids is 1. The van der Waals surface area contributed by atoms with E-state index < -0.39 is 29.8 Å². The lowest BCUT2D eigenvalue weighted by molar-refractivity contribution is 0.0940. The summed E-state index contributed by atoms with van der Waals surface area (Å²) < 4.78 is 40.5. The van der Waals surface area contributed by atoms with Gasteiger partial charge in [0.25, 0.3) is 12.3 Å². The molecule has 0 radical (unpaired) electrons. The second-order valence-electron chi connectivity index (χ2n) is 7.25. The van der Waals surface area contributed by atoms with Crippen molar-refractivity contribution in [3.8, 4) is 0 Å². The van der Waals surface area contributed by atoms with Crippen molar-refractivity contribution in [1.29, 1.82) is 0 Å². The van der Waals surface area contributed by atoms with Crippen LogP contribution >= 0.6 is 0 Å². The molecule has 1 aliphatic rings. The molecule has 0 spiro atoms. The number of imidazole rings is 1. The van der Waals surface area contributed by atoms with Gasteiger partial charge < -0.3 is 15.6 Å². The zero-order valence-corrected chi connectivity index (χ0v) is 16.3. The molecule has 1 amide bonds. The number of fused-ring (bicyclic) bond motifs is 1. The van der Waals surface area contributed by atoms with Gasteiger partial charge in [-0.15, -0.1) is 0 Å². The Bertz CT molecular complexity index is 1120. The molecule has 0 saturated heterocycles. The highest BCUT2D eigenvalue weighted by Gasteiger charge is 2.22. The van der Waals surface area contributed by atoms with Gasteiger partial charge in [-0.1, -0.05) is 24.3 Å². The van der Waals surface area contributed by atoms with Crippen LogP contribution in [0.15, 0.2) is 42.7 Å². The molecule has 0 fully saturated rings. The van der Waals surface area contributed by atoms with Crippen molar-refractivity contribution < 1.29 is 18.0 Å². The number of rotatable bonds is 5. The number of benzene rings is 2. The summed E-state index contributed by atoms with van der Waals surface area (Å²) in [4.78, 5) is 20.3. The minimum Gasteiger partial charge on any atom is -0.345 e. The number of nitrogens with one attached hydrogen (secondary N) is 3. The van der Waals surface area contributed by atoms with E-state index in [2.05, 4.69) is 26.7 Å². The first-order valence-electron chi connectivity index (χ1n) is 9.70. The van der Waals surface area contributed by atoms with Crippen molar-refractivity contribution in [3.05, 3.63) is 70.8 Å². The minimum atomic E-state index is -2.92. The van der Waals surface area contributed by atoms with Gasteiger partial charge in [-0.25, -0.2) is 18.2 Å². The highest BCUT2D eigenvalue weighted by molar-refractivity contribution is 6.06. The average molecular weight is 414 g/mol. The molecule has 5 nitrogen and oxygen atoms in total. The van der Waals surface area contributed by atoms with Gasteiger partial charge in [0.2, 0.25) is 0 Å². The van der Waals surface area contributed by atoms with Gasteiger partial charge in [0.1, 0.15) is 11.3 Å². The number of nitrogens with zero attached hydrogens (tertiary/aromatic N) is 1. The molecule has 3 aromatic rings. The molecular weight excluding hydrogens is 393 g/mol. The van der Waals surface area contributed by atoms with Crippen LogP contribution in [0.3, 0.4) is 0 Å². The van der Waals surface area contributed by atoms with Crippen LogP contribution in [0.5, 0.6) is 0 Å². The van der Waals surface area contributed by atoms with Crippen molar-refractivity contribution in [3.63, 3.8) is 0 Å². The van der Waals surface area contributed by atoms with Gasteiger partial charge in [0.05, 0.1) is 29.0 Å². The molecule has 2 aromatic carbocycles. The van der Waals surface area contributed by atoms with Crippen LogP contribution in [0.2, 0.25) is 0 Å². The fourth-order valence-corrected chi connectivity index (χ4v) is 3.72. The number of aromatic amines is 1. The molecule has 30 heavy (non-hydrogen) atoms. The smallest absolute Gasteiger partial charge is 0.266 e. The molecule has 8 heteroatoms. The first-order chi connectivity index (χ1) is 14.5. The number of amides is 1. The van der Waals surface area contributed by atoms with Crippen LogP contribution in [0, 0.1) is 5.82 Å². The lowest BCUT2D eigenvalue weighted by Crippen LogP contribution is -2.28. The highest BCUT2D eigenvalue weighted by atomic mass is 19.3. The Morgan fingerprint density at radius 1 is 1.23 bits per heavy atom. The molecule has 0 bridgehead atoms. The number of hydrogen-bond acceptors (Lipinski definition) is 3. The molecule has 156 valence electrons. The Hall–Kier alpha value is -3.13. The van der Waals surface area contributed by atoms with Crippen molar-refractivity contribution in [2.75, 3.05) is 13.1 Å². The molecule has 0 saturated carbocycles. The quantitative estimate of drug-likeness (QED) is 0.576. The number of hydrogen-bond donors (Lipinski definition) is 3. The predicted octanol–water partition coefficient (Wildman–Crippen LogP) is 4.51. The van der Waals surface area contributed by atoms with E-state index in [9.17, 15) is 18.0 Å². The summed E-state index contributed by atoms with van der Waals surface area (Å²) in [5, 5.41) is 5.97. The monoisotopic (exact) mass is 414 g/mol. The normalized spacial score (nSPS) is 15.3. The Labute approximate surface area is 171 Å². The molecule has 4 rings (SSSR count). The number of aromatic nitrogens is 2. The van der Waals surface area contributed by atoms with Crippen molar-refractivity contribution in [1.82, 2.24) is 20.6 Å². The average Bonchev–Trinajstić information content (AvgIpc) is 3.22. The van der Waals surface area contributed by atoms with E-state index in [0.717, 1.165) is 42.2 Å². The molecule has 1 aliphatic heterocycles. The van der Waals surface area contributed by atoms with Crippen LogP contribution in [-0.2, 0) is 0 Å². The Kier molecular flexibility index (Phi) is 5.59. The highest BCUT2D eigenvalue weighted by Crippen LogP contribution is 2.29. The van der Waals surface area contributed by atoms with E-state index >= 15 is 0 Å². The van der Waals surface area contributed by atoms with Crippen molar-refractivity contribution in [2.24, 2.45) is 0 Å². The largest absolute Gasteiger partial charge is 0.345 e. The summed E-state index contributed by atoms with van der Waals surface area (Å²) in [6.45, 7) is 3.17. The minimum absolute atomic E-state index is 0.0108. The van der Waals surface area contributed by atoms with Gasteiger partial charge >= 0.3 is 0 Å². The lowest BCUT2D eigenvalue weighted by Gasteiger charge is -2.18. The summed E-state index contributed by atoms with van der Waals surface area (Å²) in [7, 11) is 0. The van der Waals surface area contributed by atoms with Crippen LogP contribution in [-0.4, -0.2) is 29.0 Å². The van der Waals surface area contributed by atoms with Gasteiger partial charge in [0.15, 0.2) is 0 Å². The van der Waals surface area contributed by atoms with Crippen molar-refractivity contribution >= 4 is 22.5 Å². The van der Waals surface area contributed by atoms with Crippen molar-refractivity contribution in [2.45, 2.75) is 25.8 Å². The lowest BCUT2D eigenvalue weighted by atomic mass is 9.97. The van der Waals surface area contributed by atoms with E-state index in [4.69, 9.17) is 0 Å². The Morgan fingerprint density at radius 3 is 2.77 bits per heavy atom. The van der Waals surface area contributed by atoms with Crippen LogP contribution < -0.4 is 10.6 Å². The number of carbonyl (C=O) groups is 1. The Balaban J connectivity index is 1.66. The topological polar surface area (TPSA) is 69.8 Å². The third-order valence-corrected chi connectivity index (χ3v) is 5.31.